The molecule has 0 radical (unpaired) electrons. The van der Waals surface area contributed by atoms with Gasteiger partial charge in [-0.25, -0.2) is 24.9 Å². The lowest BCUT2D eigenvalue weighted by atomic mass is 9.80. The van der Waals surface area contributed by atoms with Crippen molar-refractivity contribution < 1.29 is 22.5 Å². The zero-order chi connectivity index (χ0) is 43.6. The second-order valence-corrected chi connectivity index (χ2v) is 15.9. The van der Waals surface area contributed by atoms with E-state index in [1.54, 1.807) is 24.7 Å². The van der Waals surface area contributed by atoms with Crippen molar-refractivity contribution >= 4 is 101 Å². The number of aromatic amines is 2. The number of aromatic nitrogens is 9. The number of nitrogen functional groups attached to an aromatic ring is 3. The molecule has 10 rings (SSSR count). The summed E-state index contributed by atoms with van der Waals surface area (Å²) < 4.78 is 50.6. The first-order valence-electron chi connectivity index (χ1n) is 18.3. The number of hydrogen-bond acceptors (Lipinski definition) is 12. The summed E-state index contributed by atoms with van der Waals surface area (Å²) in [5, 5.41) is 4.63. The molecule has 61 heavy (non-hydrogen) atoms. The van der Waals surface area contributed by atoms with Gasteiger partial charge in [0.05, 0.1) is 45.0 Å². The van der Waals surface area contributed by atoms with E-state index >= 15 is 0 Å². The predicted molar refractivity (Wildman–Crippen MR) is 236 cm³/mol. The summed E-state index contributed by atoms with van der Waals surface area (Å²) in [5.74, 6) is -1.97. The van der Waals surface area contributed by atoms with Gasteiger partial charge in [0.1, 0.15) is 16.4 Å². The first kappa shape index (κ1) is 42.7. The lowest BCUT2D eigenvalue weighted by Crippen LogP contribution is -2.41. The highest BCUT2D eigenvalue weighted by atomic mass is 79.9. The molecule has 0 spiro atoms. The quantitative estimate of drug-likeness (QED) is 0.0817. The van der Waals surface area contributed by atoms with E-state index in [2.05, 4.69) is 60.8 Å². The highest BCUT2D eigenvalue weighted by Crippen LogP contribution is 2.36. The van der Waals surface area contributed by atoms with Gasteiger partial charge in [0.25, 0.3) is 0 Å². The third kappa shape index (κ3) is 9.34. The number of halogens is 5. The maximum absolute atomic E-state index is 13.1. The van der Waals surface area contributed by atoms with Crippen LogP contribution in [0.4, 0.5) is 30.2 Å². The van der Waals surface area contributed by atoms with E-state index in [-0.39, 0.29) is 17.1 Å². The summed E-state index contributed by atoms with van der Waals surface area (Å²) in [7, 11) is -0.560. The van der Waals surface area contributed by atoms with Gasteiger partial charge in [-0.3, -0.25) is 9.97 Å². The molecule has 0 atom stereocenters. The fraction of sp³-hybridized carbons (Fsp3) is 0.146. The SMILES string of the molecule is CC1(C)OB(c2cnc(F)c(N)c2)OC1(C)C.Clc1ccc2c(n1)[nH]c1ccncc12.Nc1cc(-c2ccc3c(n2)[nH]c2ccncc23)cnc1F.Nc1cc(Br)cnc1F. The topological polar surface area (TPSA) is 218 Å². The highest BCUT2D eigenvalue weighted by Gasteiger charge is 2.51. The van der Waals surface area contributed by atoms with Gasteiger partial charge < -0.3 is 36.5 Å². The number of nitrogens with two attached hydrogens (primary N) is 3. The van der Waals surface area contributed by atoms with Gasteiger partial charge >= 0.3 is 7.12 Å². The van der Waals surface area contributed by atoms with Gasteiger partial charge in [-0.05, 0) is 98.2 Å². The summed E-state index contributed by atoms with van der Waals surface area (Å²) in [4.78, 5) is 33.9. The molecule has 9 aromatic rings. The van der Waals surface area contributed by atoms with Gasteiger partial charge in [0, 0.05) is 80.4 Å². The number of hydrogen-bond donors (Lipinski definition) is 5. The Labute approximate surface area is 359 Å². The van der Waals surface area contributed by atoms with E-state index in [1.807, 2.05) is 64.2 Å². The number of fused-ring (bicyclic) bond motifs is 6. The zero-order valence-corrected chi connectivity index (χ0v) is 35.2. The Bertz CT molecular complexity index is 3030. The van der Waals surface area contributed by atoms with Gasteiger partial charge in [-0.15, -0.1) is 0 Å². The number of nitrogens with zero attached hydrogens (tertiary/aromatic N) is 7. The van der Waals surface area contributed by atoms with Crippen LogP contribution in [-0.4, -0.2) is 63.2 Å². The number of H-pyrrole nitrogens is 2. The van der Waals surface area contributed by atoms with Crippen molar-refractivity contribution in [3.63, 3.8) is 0 Å². The Morgan fingerprint density at radius 1 is 0.623 bits per heavy atom. The average Bonchev–Trinajstić information content (AvgIpc) is 3.86. The molecule has 1 aliphatic heterocycles. The minimum atomic E-state index is -0.676. The van der Waals surface area contributed by atoms with Crippen LogP contribution in [0.1, 0.15) is 27.7 Å². The Morgan fingerprint density at radius 2 is 1.13 bits per heavy atom. The van der Waals surface area contributed by atoms with Gasteiger partial charge in [-0.2, -0.15) is 13.2 Å². The molecule has 8 N–H and O–H groups in total. The van der Waals surface area contributed by atoms with Crippen molar-refractivity contribution in [2.24, 2.45) is 0 Å². The highest BCUT2D eigenvalue weighted by molar-refractivity contribution is 9.10. The van der Waals surface area contributed by atoms with Crippen molar-refractivity contribution in [3.05, 3.63) is 125 Å². The van der Waals surface area contributed by atoms with E-state index in [0.717, 1.165) is 43.9 Å². The molecule has 0 aliphatic carbocycles. The molecule has 0 bridgehead atoms. The van der Waals surface area contributed by atoms with Crippen molar-refractivity contribution in [1.82, 2.24) is 44.9 Å². The van der Waals surface area contributed by atoms with Crippen LogP contribution in [0.15, 0.2) is 102 Å². The van der Waals surface area contributed by atoms with Crippen molar-refractivity contribution in [3.8, 4) is 11.3 Å². The summed E-state index contributed by atoms with van der Waals surface area (Å²) in [6, 6.07) is 15.8. The second kappa shape index (κ2) is 17.3. The molecular weight excluding hydrogens is 876 g/mol. The van der Waals surface area contributed by atoms with Crippen molar-refractivity contribution in [1.29, 1.82) is 0 Å². The molecule has 310 valence electrons. The van der Waals surface area contributed by atoms with Crippen LogP contribution < -0.4 is 22.7 Å². The third-order valence-corrected chi connectivity index (χ3v) is 10.5. The fourth-order valence-corrected chi connectivity index (χ4v) is 6.50. The molecule has 14 nitrogen and oxygen atoms in total. The molecular formula is C41H36BBrClF3N12O2. The minimum Gasteiger partial charge on any atom is -0.399 e. The van der Waals surface area contributed by atoms with Crippen LogP contribution in [0.5, 0.6) is 0 Å². The Morgan fingerprint density at radius 3 is 1.67 bits per heavy atom. The van der Waals surface area contributed by atoms with Crippen LogP contribution >= 0.6 is 27.5 Å². The summed E-state index contributed by atoms with van der Waals surface area (Å²) in [5.41, 5.74) is 20.9. The molecule has 20 heteroatoms. The summed E-state index contributed by atoms with van der Waals surface area (Å²) >= 11 is 8.89. The van der Waals surface area contributed by atoms with E-state index in [4.69, 9.17) is 38.1 Å². The number of anilines is 3. The minimum absolute atomic E-state index is 0.00258. The van der Waals surface area contributed by atoms with Crippen LogP contribution in [-0.2, 0) is 9.31 Å². The smallest absolute Gasteiger partial charge is 0.399 e. The van der Waals surface area contributed by atoms with Gasteiger partial charge in [-0.1, -0.05) is 11.6 Å². The van der Waals surface area contributed by atoms with E-state index < -0.39 is 36.2 Å². The molecule has 0 saturated carbocycles. The van der Waals surface area contributed by atoms with Gasteiger partial charge in [0.15, 0.2) is 0 Å². The molecule has 9 aromatic heterocycles. The van der Waals surface area contributed by atoms with Crippen molar-refractivity contribution in [2.75, 3.05) is 17.2 Å². The van der Waals surface area contributed by atoms with Crippen LogP contribution in [0.25, 0.3) is 55.1 Å². The maximum Gasteiger partial charge on any atom is 0.496 e. The van der Waals surface area contributed by atoms with Gasteiger partial charge in [0.2, 0.25) is 17.8 Å². The molecule has 1 aliphatic rings. The van der Waals surface area contributed by atoms with E-state index in [9.17, 15) is 13.2 Å². The predicted octanol–water partition coefficient (Wildman–Crippen LogP) is 8.33. The molecule has 1 fully saturated rings. The van der Waals surface area contributed by atoms with Crippen LogP contribution in [0, 0.1) is 17.8 Å². The molecule has 10 heterocycles. The maximum atomic E-state index is 13.1. The standard InChI is InChI=1S/C15H10FN5.C11H16BFN2O2.C10H6ClN3.C5H4BrFN2/c16-14-11(17)5-8(6-19-14)12-2-1-9-10-7-18-4-3-13(10)21-15(9)20-12;1-10(2)11(3,4)17-12(16-10)7-5-8(14)9(13)15-6-7;11-9-2-1-6-7-5-12-4-3-8(7)13-10(6)14-9;6-3-1-4(8)5(7)9-2-3/h1-7H,17H2,(H,20,21);5-6H,14H2,1-4H3;1-5H,(H,13,14);1-2H,8H2. The largest absolute Gasteiger partial charge is 0.496 e. The molecule has 0 unspecified atom stereocenters. The lowest BCUT2D eigenvalue weighted by molar-refractivity contribution is 0.00578. The number of pyridine rings is 7. The van der Waals surface area contributed by atoms with Crippen molar-refractivity contribution in [2.45, 2.75) is 38.9 Å². The van der Waals surface area contributed by atoms with Crippen LogP contribution in [0.2, 0.25) is 5.15 Å². The normalized spacial score (nSPS) is 14.0. The molecule has 0 amide bonds. The molecule has 1 saturated heterocycles. The first-order chi connectivity index (χ1) is 29.0. The Kier molecular flexibility index (Phi) is 12.1. The van der Waals surface area contributed by atoms with E-state index in [1.165, 1.54) is 36.8 Å². The van der Waals surface area contributed by atoms with E-state index in [0.29, 0.717) is 26.3 Å². The average molecular weight is 912 g/mol. The summed E-state index contributed by atoms with van der Waals surface area (Å²) in [6.45, 7) is 7.81. The monoisotopic (exact) mass is 910 g/mol. The fourth-order valence-electron chi connectivity index (χ4n) is 6.01. The van der Waals surface area contributed by atoms with Crippen LogP contribution in [0.3, 0.4) is 0 Å². The first-order valence-corrected chi connectivity index (χ1v) is 19.5. The number of nitrogens with one attached hydrogen (secondary N) is 2. The lowest BCUT2D eigenvalue weighted by Gasteiger charge is -2.32. The zero-order valence-electron chi connectivity index (χ0n) is 32.9. The molecule has 0 aromatic carbocycles. The Hall–Kier alpha value is -6.41. The summed E-state index contributed by atoms with van der Waals surface area (Å²) in [6.07, 6.45) is 11.3. The second-order valence-electron chi connectivity index (χ2n) is 14.6. The third-order valence-electron chi connectivity index (χ3n) is 9.89. The Balaban J connectivity index is 0.000000128. The number of rotatable bonds is 2.